The van der Waals surface area contributed by atoms with Crippen LogP contribution in [0.4, 0.5) is 0 Å². The molecule has 0 bridgehead atoms. The van der Waals surface area contributed by atoms with E-state index >= 15 is 0 Å². The number of aliphatic hydroxyl groups is 2. The highest BCUT2D eigenvalue weighted by Crippen LogP contribution is 2.46. The van der Waals surface area contributed by atoms with Gasteiger partial charge in [0, 0.05) is 18.2 Å². The summed E-state index contributed by atoms with van der Waals surface area (Å²) < 4.78 is 24.0. The summed E-state index contributed by atoms with van der Waals surface area (Å²) in [4.78, 5) is 38.0. The highest BCUT2D eigenvalue weighted by molar-refractivity contribution is 8.09. The zero-order valence-corrected chi connectivity index (χ0v) is 21.7. The van der Waals surface area contributed by atoms with Gasteiger partial charge in [-0.1, -0.05) is 18.2 Å². The van der Waals surface area contributed by atoms with E-state index in [-0.39, 0.29) is 12.7 Å². The Hall–Kier alpha value is -2.38. The van der Waals surface area contributed by atoms with Crippen LogP contribution in [0.2, 0.25) is 0 Å². The van der Waals surface area contributed by atoms with Crippen LogP contribution in [0.5, 0.6) is 5.75 Å². The van der Waals surface area contributed by atoms with Crippen molar-refractivity contribution in [1.82, 2.24) is 14.6 Å². The molecule has 1 fully saturated rings. The number of esters is 1. The van der Waals surface area contributed by atoms with Crippen LogP contribution < -0.4 is 20.9 Å². The average molecular weight is 544 g/mol. The van der Waals surface area contributed by atoms with Crippen molar-refractivity contribution in [3.63, 3.8) is 0 Å². The first kappa shape index (κ1) is 28.2. The smallest absolute Gasteiger partial charge is 0.330 e. The molecule has 0 unspecified atom stereocenters. The second-order valence-corrected chi connectivity index (χ2v) is 11.6. The molecule has 1 aromatic carbocycles. The maximum atomic E-state index is 12.4. The van der Waals surface area contributed by atoms with E-state index in [0.29, 0.717) is 5.75 Å². The van der Waals surface area contributed by atoms with E-state index in [4.69, 9.17) is 30.3 Å². The summed E-state index contributed by atoms with van der Waals surface area (Å²) in [5.74, 6) is -0.975. The summed E-state index contributed by atoms with van der Waals surface area (Å²) in [6, 6.07) is 8.89. The third kappa shape index (κ3) is 7.10. The van der Waals surface area contributed by atoms with E-state index in [1.165, 1.54) is 6.20 Å². The molecular weight excluding hydrogens is 513 g/mol. The summed E-state index contributed by atoms with van der Waals surface area (Å²) in [7, 11) is 0. The van der Waals surface area contributed by atoms with Crippen LogP contribution in [-0.2, 0) is 30.6 Å². The molecule has 0 radical (unpaired) electrons. The number of aromatic nitrogens is 2. The molecule has 0 saturated carbocycles. The monoisotopic (exact) mass is 543 g/mol. The van der Waals surface area contributed by atoms with Crippen LogP contribution in [0.3, 0.4) is 0 Å². The van der Waals surface area contributed by atoms with Gasteiger partial charge in [-0.15, -0.1) is 0 Å². The molecule has 2 aromatic rings. The molecule has 12 nitrogen and oxygen atoms in total. The van der Waals surface area contributed by atoms with Gasteiger partial charge in [0.1, 0.15) is 17.9 Å². The summed E-state index contributed by atoms with van der Waals surface area (Å²) in [5.41, 5.74) is -1.38. The van der Waals surface area contributed by atoms with Gasteiger partial charge in [-0.25, -0.2) is 9.88 Å². The molecule has 0 amide bonds. The molecule has 4 N–H and O–H groups in total. The Bertz CT molecular complexity index is 1190. The minimum atomic E-state index is -3.39. The van der Waals surface area contributed by atoms with Crippen LogP contribution in [0, 0.1) is 5.92 Å². The van der Waals surface area contributed by atoms with E-state index in [1.807, 2.05) is 0 Å². The first-order valence-electron chi connectivity index (χ1n) is 11.3. The van der Waals surface area contributed by atoms with E-state index in [2.05, 4.69) is 10.1 Å². The quantitative estimate of drug-likeness (QED) is 0.233. The van der Waals surface area contributed by atoms with Crippen molar-refractivity contribution in [3.05, 3.63) is 63.4 Å². The zero-order chi connectivity index (χ0) is 26.5. The van der Waals surface area contributed by atoms with Gasteiger partial charge >= 0.3 is 18.3 Å². The summed E-state index contributed by atoms with van der Waals surface area (Å²) in [6.45, 7) is 0.907. The first-order chi connectivity index (χ1) is 17.0. The standard InChI is InChI=1S/C22H30N3O9PS/c1-13(2)32-21(29)14(3)24-35(36,34-15-7-5-4-6-8-15)31-12-17-16(11-26)19(28)20(33-17)25-10-9-18(27)23-22(25)30/h4-10,13-14,16-17,19-20,26,28H,11-12H2,1-3H3,(H,24,36)(H,23,27,30)/t14-,16+,17+,19+,20+,35+/m0/s1. The topological polar surface area (TPSA) is 161 Å². The number of carbonyl (C=O) groups is 1. The van der Waals surface area contributed by atoms with Gasteiger partial charge < -0.3 is 28.7 Å². The average Bonchev–Trinajstić information content (AvgIpc) is 3.13. The van der Waals surface area contributed by atoms with Crippen LogP contribution in [0.15, 0.2) is 52.2 Å². The van der Waals surface area contributed by atoms with Gasteiger partial charge in [0.2, 0.25) is 0 Å². The fourth-order valence-electron chi connectivity index (χ4n) is 3.54. The predicted octanol–water partition coefficient (Wildman–Crippen LogP) is 0.653. The van der Waals surface area contributed by atoms with Crippen molar-refractivity contribution in [2.24, 2.45) is 5.92 Å². The number of carbonyl (C=O) groups excluding carboxylic acids is 1. The molecule has 2 heterocycles. The molecule has 3 rings (SSSR count). The third-order valence-corrected chi connectivity index (χ3v) is 7.79. The normalized spacial score (nSPS) is 24.3. The molecular formula is C22H30N3O9PS. The lowest BCUT2D eigenvalue weighted by Crippen LogP contribution is -2.37. The lowest BCUT2D eigenvalue weighted by atomic mass is 9.99. The molecule has 14 heteroatoms. The van der Waals surface area contributed by atoms with Gasteiger partial charge in [-0.3, -0.25) is 19.1 Å². The zero-order valence-electron chi connectivity index (χ0n) is 20.0. The first-order valence-corrected chi connectivity index (χ1v) is 13.9. The van der Waals surface area contributed by atoms with E-state index in [9.17, 15) is 24.6 Å². The minimum absolute atomic E-state index is 0.236. The number of benzene rings is 1. The fourth-order valence-corrected chi connectivity index (χ4v) is 5.96. The Morgan fingerprint density at radius 2 is 1.94 bits per heavy atom. The van der Waals surface area contributed by atoms with Crippen LogP contribution in [-0.4, -0.2) is 63.3 Å². The lowest BCUT2D eigenvalue weighted by molar-refractivity contribution is -0.149. The van der Waals surface area contributed by atoms with Crippen molar-refractivity contribution in [3.8, 4) is 5.75 Å². The van der Waals surface area contributed by atoms with Gasteiger partial charge in [0.05, 0.1) is 25.4 Å². The fraction of sp³-hybridized carbons (Fsp3) is 0.500. The molecule has 36 heavy (non-hydrogen) atoms. The van der Waals surface area contributed by atoms with Gasteiger partial charge in [0.15, 0.2) is 6.23 Å². The highest BCUT2D eigenvalue weighted by Gasteiger charge is 2.45. The second-order valence-electron chi connectivity index (χ2n) is 8.45. The Kier molecular flexibility index (Phi) is 9.59. The van der Waals surface area contributed by atoms with Gasteiger partial charge in [0.25, 0.3) is 5.56 Å². The Morgan fingerprint density at radius 3 is 2.56 bits per heavy atom. The molecule has 198 valence electrons. The van der Waals surface area contributed by atoms with Crippen LogP contribution >= 0.6 is 6.64 Å². The van der Waals surface area contributed by atoms with Crippen molar-refractivity contribution in [2.45, 2.75) is 51.4 Å². The number of aliphatic hydroxyl groups excluding tert-OH is 2. The number of hydrogen-bond donors (Lipinski definition) is 4. The summed E-state index contributed by atoms with van der Waals surface area (Å²) >= 11 is 5.66. The number of para-hydroxylation sites is 1. The Morgan fingerprint density at radius 1 is 1.25 bits per heavy atom. The Balaban J connectivity index is 1.79. The maximum Gasteiger partial charge on any atom is 0.330 e. The number of H-pyrrole nitrogens is 1. The minimum Gasteiger partial charge on any atom is -0.462 e. The number of nitrogens with one attached hydrogen (secondary N) is 2. The largest absolute Gasteiger partial charge is 0.462 e. The summed E-state index contributed by atoms with van der Waals surface area (Å²) in [6.07, 6.45) is -2.49. The van der Waals surface area contributed by atoms with Gasteiger partial charge in [-0.2, -0.15) is 0 Å². The van der Waals surface area contributed by atoms with Gasteiger partial charge in [-0.05, 0) is 44.7 Å². The summed E-state index contributed by atoms with van der Waals surface area (Å²) in [5, 5.41) is 23.5. The third-order valence-electron chi connectivity index (χ3n) is 5.29. The van der Waals surface area contributed by atoms with Crippen LogP contribution in [0.25, 0.3) is 0 Å². The molecule has 1 saturated heterocycles. The van der Waals surface area contributed by atoms with Crippen molar-refractivity contribution < 1.29 is 33.5 Å². The maximum absolute atomic E-state index is 12.4. The molecule has 1 aromatic heterocycles. The molecule has 0 spiro atoms. The Labute approximate surface area is 212 Å². The number of nitrogens with zero attached hydrogens (tertiary/aromatic N) is 1. The van der Waals surface area contributed by atoms with E-state index in [0.717, 1.165) is 10.6 Å². The number of aromatic amines is 1. The van der Waals surface area contributed by atoms with Crippen molar-refractivity contribution in [2.75, 3.05) is 13.2 Å². The highest BCUT2D eigenvalue weighted by atomic mass is 32.5. The molecule has 1 aliphatic heterocycles. The number of ether oxygens (including phenoxy) is 2. The number of rotatable bonds is 11. The number of hydrogen-bond acceptors (Lipinski definition) is 10. The predicted molar refractivity (Wildman–Crippen MR) is 133 cm³/mol. The SMILES string of the molecule is CC(C)OC(=O)[C@H](C)N[P@@](=S)(OC[C@H]1O[C@@H](n2ccc(=O)[nH]c2=O)[C@H](O)[C@@H]1CO)Oc1ccccc1. The molecule has 6 atom stereocenters. The van der Waals surface area contributed by atoms with Crippen molar-refractivity contribution >= 4 is 24.4 Å². The van der Waals surface area contributed by atoms with E-state index in [1.54, 1.807) is 51.1 Å². The molecule has 0 aliphatic carbocycles. The van der Waals surface area contributed by atoms with Crippen molar-refractivity contribution in [1.29, 1.82) is 0 Å². The lowest BCUT2D eigenvalue weighted by Gasteiger charge is -2.28. The van der Waals surface area contributed by atoms with E-state index < -0.39 is 60.9 Å². The molecule has 1 aliphatic rings. The second kappa shape index (κ2) is 12.2. The van der Waals surface area contributed by atoms with Crippen LogP contribution in [0.1, 0.15) is 27.0 Å².